The first-order chi connectivity index (χ1) is 5.72. The molecule has 0 aromatic carbocycles. The fourth-order valence-corrected chi connectivity index (χ4v) is 1.30. The monoisotopic (exact) mass is 167 g/mol. The average Bonchev–Trinajstić information content (AvgIpc) is 2.03. The number of allylic oxidation sites excluding steroid dienone is 2. The summed E-state index contributed by atoms with van der Waals surface area (Å²) >= 11 is 0. The van der Waals surface area contributed by atoms with Gasteiger partial charge >= 0.3 is 0 Å². The summed E-state index contributed by atoms with van der Waals surface area (Å²) in [5.74, 6) is 0.453. The molecule has 12 heavy (non-hydrogen) atoms. The Morgan fingerprint density at radius 1 is 1.50 bits per heavy atom. The summed E-state index contributed by atoms with van der Waals surface area (Å²) in [4.78, 5) is 0. The van der Waals surface area contributed by atoms with Gasteiger partial charge in [0, 0.05) is 11.6 Å². The van der Waals surface area contributed by atoms with Crippen LogP contribution in [0.5, 0.6) is 0 Å². The third-order valence-corrected chi connectivity index (χ3v) is 2.13. The van der Waals surface area contributed by atoms with Gasteiger partial charge < -0.3 is 5.73 Å². The molecule has 0 amide bonds. The van der Waals surface area contributed by atoms with Crippen LogP contribution in [0.3, 0.4) is 0 Å². The molecule has 0 saturated carbocycles. The van der Waals surface area contributed by atoms with Gasteiger partial charge in [0.1, 0.15) is 0 Å². The molecule has 0 aliphatic rings. The fraction of sp³-hybridized carbons (Fsp3) is 0.636. The van der Waals surface area contributed by atoms with Crippen molar-refractivity contribution >= 4 is 0 Å². The lowest BCUT2D eigenvalue weighted by Crippen LogP contribution is -2.09. The Morgan fingerprint density at radius 2 is 2.17 bits per heavy atom. The summed E-state index contributed by atoms with van der Waals surface area (Å²) < 4.78 is 0. The maximum Gasteiger partial charge on any atom is 0.00421 e. The molecule has 0 heterocycles. The van der Waals surface area contributed by atoms with Gasteiger partial charge in [-0.05, 0) is 12.8 Å². The molecule has 1 nitrogen and oxygen atoms in total. The molecule has 0 rings (SSSR count). The SMILES string of the molecule is C=CCC(CCCCC)C(=C)N. The molecule has 0 bridgehead atoms. The molecule has 1 atom stereocenters. The molecule has 70 valence electrons. The predicted octanol–water partition coefficient (Wildman–Crippen LogP) is 3.23. The van der Waals surface area contributed by atoms with Crippen LogP contribution in [0.2, 0.25) is 0 Å². The Hall–Kier alpha value is -0.720. The molecule has 1 unspecified atom stereocenters. The van der Waals surface area contributed by atoms with Crippen molar-refractivity contribution in [1.82, 2.24) is 0 Å². The van der Waals surface area contributed by atoms with Crippen LogP contribution in [-0.4, -0.2) is 0 Å². The minimum Gasteiger partial charge on any atom is -0.402 e. The molecule has 0 fully saturated rings. The van der Waals surface area contributed by atoms with Crippen LogP contribution in [0, 0.1) is 5.92 Å². The molecule has 0 aromatic rings. The van der Waals surface area contributed by atoms with Crippen molar-refractivity contribution in [3.63, 3.8) is 0 Å². The lowest BCUT2D eigenvalue weighted by atomic mass is 9.95. The zero-order chi connectivity index (χ0) is 9.40. The summed E-state index contributed by atoms with van der Waals surface area (Å²) in [6.07, 6.45) is 7.87. The predicted molar refractivity (Wildman–Crippen MR) is 55.8 cm³/mol. The smallest absolute Gasteiger partial charge is 0.00421 e. The van der Waals surface area contributed by atoms with Gasteiger partial charge in [-0.1, -0.05) is 38.8 Å². The summed E-state index contributed by atoms with van der Waals surface area (Å²) in [6, 6.07) is 0. The van der Waals surface area contributed by atoms with Crippen LogP contribution in [0.4, 0.5) is 0 Å². The van der Waals surface area contributed by atoms with E-state index < -0.39 is 0 Å². The molecule has 0 aromatic heterocycles. The Morgan fingerprint density at radius 3 is 2.58 bits per heavy atom. The lowest BCUT2D eigenvalue weighted by Gasteiger charge is -2.13. The van der Waals surface area contributed by atoms with E-state index in [2.05, 4.69) is 20.1 Å². The third kappa shape index (κ3) is 5.00. The van der Waals surface area contributed by atoms with Crippen molar-refractivity contribution in [2.75, 3.05) is 0 Å². The van der Waals surface area contributed by atoms with Gasteiger partial charge in [0.25, 0.3) is 0 Å². The van der Waals surface area contributed by atoms with Crippen LogP contribution in [-0.2, 0) is 0 Å². The highest BCUT2D eigenvalue weighted by Crippen LogP contribution is 2.18. The van der Waals surface area contributed by atoms with Gasteiger partial charge in [-0.2, -0.15) is 0 Å². The van der Waals surface area contributed by atoms with Crippen LogP contribution >= 0.6 is 0 Å². The van der Waals surface area contributed by atoms with Gasteiger partial charge in [-0.25, -0.2) is 0 Å². The number of rotatable bonds is 7. The van der Waals surface area contributed by atoms with Gasteiger partial charge in [0.2, 0.25) is 0 Å². The maximum atomic E-state index is 5.66. The van der Waals surface area contributed by atoms with E-state index in [1.54, 1.807) is 0 Å². The number of hydrogen-bond donors (Lipinski definition) is 1. The normalized spacial score (nSPS) is 12.4. The van der Waals surface area contributed by atoms with E-state index in [0.29, 0.717) is 5.92 Å². The van der Waals surface area contributed by atoms with Gasteiger partial charge in [0.15, 0.2) is 0 Å². The van der Waals surface area contributed by atoms with Crippen molar-refractivity contribution in [3.05, 3.63) is 24.9 Å². The summed E-state index contributed by atoms with van der Waals surface area (Å²) in [6.45, 7) is 9.71. The van der Waals surface area contributed by atoms with E-state index >= 15 is 0 Å². The Balaban J connectivity index is 3.63. The summed E-state index contributed by atoms with van der Waals surface area (Å²) in [5.41, 5.74) is 6.47. The highest BCUT2D eigenvalue weighted by molar-refractivity contribution is 4.96. The number of nitrogens with two attached hydrogens (primary N) is 1. The highest BCUT2D eigenvalue weighted by atomic mass is 14.6. The first-order valence-corrected chi connectivity index (χ1v) is 4.77. The first kappa shape index (κ1) is 11.3. The second-order valence-corrected chi connectivity index (χ2v) is 3.29. The third-order valence-electron chi connectivity index (χ3n) is 2.13. The highest BCUT2D eigenvalue weighted by Gasteiger charge is 2.06. The zero-order valence-corrected chi connectivity index (χ0v) is 8.18. The number of hydrogen-bond acceptors (Lipinski definition) is 1. The second kappa shape index (κ2) is 6.96. The lowest BCUT2D eigenvalue weighted by molar-refractivity contribution is 0.519. The molecule has 0 aliphatic heterocycles. The standard InChI is InChI=1S/C11H21N/c1-4-6-7-9-11(8-5-2)10(3)12/h5,11H,2-4,6-9,12H2,1H3. The molecule has 2 N–H and O–H groups in total. The zero-order valence-electron chi connectivity index (χ0n) is 8.18. The number of unbranched alkanes of at least 4 members (excludes halogenated alkanes) is 2. The van der Waals surface area contributed by atoms with Gasteiger partial charge in [-0.3, -0.25) is 0 Å². The minimum atomic E-state index is 0.453. The molecule has 0 radical (unpaired) electrons. The molecule has 0 aliphatic carbocycles. The van der Waals surface area contributed by atoms with Crippen LogP contribution in [0.25, 0.3) is 0 Å². The molecular formula is C11H21N. The molecular weight excluding hydrogens is 146 g/mol. The molecule has 0 saturated heterocycles. The van der Waals surface area contributed by atoms with Gasteiger partial charge in [-0.15, -0.1) is 6.58 Å². The topological polar surface area (TPSA) is 26.0 Å². The van der Waals surface area contributed by atoms with Crippen LogP contribution < -0.4 is 5.73 Å². The Bertz CT molecular complexity index is 138. The van der Waals surface area contributed by atoms with Crippen LogP contribution in [0.15, 0.2) is 24.9 Å². The van der Waals surface area contributed by atoms with E-state index in [9.17, 15) is 0 Å². The van der Waals surface area contributed by atoms with E-state index in [1.807, 2.05) is 6.08 Å². The molecule has 1 heteroatoms. The largest absolute Gasteiger partial charge is 0.402 e. The Kier molecular flexibility index (Phi) is 6.54. The van der Waals surface area contributed by atoms with Crippen molar-refractivity contribution < 1.29 is 0 Å². The van der Waals surface area contributed by atoms with Crippen molar-refractivity contribution in [1.29, 1.82) is 0 Å². The van der Waals surface area contributed by atoms with E-state index in [0.717, 1.165) is 18.5 Å². The minimum absolute atomic E-state index is 0.453. The second-order valence-electron chi connectivity index (χ2n) is 3.29. The first-order valence-electron chi connectivity index (χ1n) is 4.77. The fourth-order valence-electron chi connectivity index (χ4n) is 1.30. The summed E-state index contributed by atoms with van der Waals surface area (Å²) in [5, 5.41) is 0. The molecule has 0 spiro atoms. The quantitative estimate of drug-likeness (QED) is 0.457. The summed E-state index contributed by atoms with van der Waals surface area (Å²) in [7, 11) is 0. The maximum absolute atomic E-state index is 5.66. The average molecular weight is 167 g/mol. The van der Waals surface area contributed by atoms with Crippen LogP contribution in [0.1, 0.15) is 39.0 Å². The van der Waals surface area contributed by atoms with Crippen molar-refractivity contribution in [2.24, 2.45) is 11.7 Å². The van der Waals surface area contributed by atoms with E-state index in [4.69, 9.17) is 5.73 Å². The van der Waals surface area contributed by atoms with E-state index in [1.165, 1.54) is 19.3 Å². The Labute approximate surface area is 76.3 Å². The van der Waals surface area contributed by atoms with Crippen molar-refractivity contribution in [3.8, 4) is 0 Å². The van der Waals surface area contributed by atoms with Gasteiger partial charge in [0.05, 0.1) is 0 Å². The van der Waals surface area contributed by atoms with E-state index in [-0.39, 0.29) is 0 Å². The van der Waals surface area contributed by atoms with Crippen molar-refractivity contribution in [2.45, 2.75) is 39.0 Å².